The Morgan fingerprint density at radius 2 is 1.87 bits per heavy atom. The normalized spacial score (nSPS) is 13.7. The molecular weight excluding hydrogens is 184 g/mol. The van der Waals surface area contributed by atoms with Crippen LogP contribution in [0.4, 0.5) is 0 Å². The summed E-state index contributed by atoms with van der Waals surface area (Å²) in [6.07, 6.45) is 0. The highest BCUT2D eigenvalue weighted by molar-refractivity contribution is 5.81. The summed E-state index contributed by atoms with van der Waals surface area (Å²) in [7, 11) is 0. The third-order valence-corrected chi connectivity index (χ3v) is 2.81. The number of nitrogens with two attached hydrogens (primary N) is 1. The molecule has 1 atom stereocenters. The van der Waals surface area contributed by atoms with E-state index in [1.54, 1.807) is 0 Å². The molecule has 0 fully saturated rings. The van der Waals surface area contributed by atoms with Crippen LogP contribution in [-0.4, -0.2) is 4.98 Å². The molecule has 0 bridgehead atoms. The predicted octanol–water partition coefficient (Wildman–Crippen LogP) is 3.31. The van der Waals surface area contributed by atoms with Gasteiger partial charge >= 0.3 is 0 Å². The van der Waals surface area contributed by atoms with E-state index in [1.807, 2.05) is 6.92 Å². The van der Waals surface area contributed by atoms with Crippen LogP contribution in [0.15, 0.2) is 24.3 Å². The second-order valence-corrected chi connectivity index (χ2v) is 4.51. The van der Waals surface area contributed by atoms with E-state index >= 15 is 0 Å². The Hall–Kier alpha value is -1.28. The minimum absolute atomic E-state index is 0.104. The van der Waals surface area contributed by atoms with Crippen molar-refractivity contribution in [2.75, 3.05) is 0 Å². The van der Waals surface area contributed by atoms with Gasteiger partial charge in [0.2, 0.25) is 0 Å². The van der Waals surface area contributed by atoms with E-state index in [2.05, 4.69) is 43.1 Å². The molecule has 0 aliphatic carbocycles. The van der Waals surface area contributed by atoms with Crippen molar-refractivity contribution in [3.8, 4) is 0 Å². The molecule has 80 valence electrons. The highest BCUT2D eigenvalue weighted by Crippen LogP contribution is 2.23. The maximum Gasteiger partial charge on any atom is 0.0456 e. The van der Waals surface area contributed by atoms with Crippen LogP contribution in [0.3, 0.4) is 0 Å². The van der Waals surface area contributed by atoms with Crippen LogP contribution in [0, 0.1) is 0 Å². The SMILES string of the molecule is CC(C)c1cc2cc(C(C)N)ccc2[nH]1. The Kier molecular flexibility index (Phi) is 2.53. The van der Waals surface area contributed by atoms with Gasteiger partial charge in [-0.1, -0.05) is 19.9 Å². The monoisotopic (exact) mass is 202 g/mol. The standard InChI is InChI=1S/C13H18N2/c1-8(2)13-7-11-6-10(9(3)14)4-5-12(11)15-13/h4-9,15H,14H2,1-3H3. The third kappa shape index (κ3) is 1.90. The minimum Gasteiger partial charge on any atom is -0.358 e. The molecule has 0 radical (unpaired) electrons. The first-order chi connectivity index (χ1) is 7.08. The van der Waals surface area contributed by atoms with E-state index in [0.29, 0.717) is 5.92 Å². The van der Waals surface area contributed by atoms with Gasteiger partial charge in [-0.05, 0) is 42.0 Å². The predicted molar refractivity (Wildman–Crippen MR) is 65.0 cm³/mol. The molecule has 2 aromatic rings. The molecule has 0 spiro atoms. The Balaban J connectivity index is 2.52. The number of benzene rings is 1. The molecule has 1 unspecified atom stereocenters. The average molecular weight is 202 g/mol. The van der Waals surface area contributed by atoms with Crippen LogP contribution in [0.2, 0.25) is 0 Å². The maximum atomic E-state index is 5.86. The van der Waals surface area contributed by atoms with Crippen molar-refractivity contribution in [1.82, 2.24) is 4.98 Å². The summed E-state index contributed by atoms with van der Waals surface area (Å²) in [6.45, 7) is 6.39. The van der Waals surface area contributed by atoms with E-state index in [1.165, 1.54) is 22.2 Å². The van der Waals surface area contributed by atoms with Crippen LogP contribution in [0.5, 0.6) is 0 Å². The highest BCUT2D eigenvalue weighted by Gasteiger charge is 2.06. The zero-order valence-electron chi connectivity index (χ0n) is 9.54. The minimum atomic E-state index is 0.104. The Labute approximate surface area is 90.5 Å². The molecule has 3 N–H and O–H groups in total. The molecule has 2 rings (SSSR count). The van der Waals surface area contributed by atoms with Crippen LogP contribution < -0.4 is 5.73 Å². The number of rotatable bonds is 2. The molecule has 0 saturated heterocycles. The Bertz CT molecular complexity index is 460. The Morgan fingerprint density at radius 1 is 1.13 bits per heavy atom. The number of hydrogen-bond acceptors (Lipinski definition) is 1. The summed E-state index contributed by atoms with van der Waals surface area (Å²) in [5, 5.41) is 1.26. The van der Waals surface area contributed by atoms with Gasteiger partial charge in [0.15, 0.2) is 0 Å². The molecule has 1 aromatic carbocycles. The summed E-state index contributed by atoms with van der Waals surface area (Å²) in [5.74, 6) is 0.538. The first-order valence-corrected chi connectivity index (χ1v) is 5.46. The Morgan fingerprint density at radius 3 is 2.47 bits per heavy atom. The van der Waals surface area contributed by atoms with E-state index in [9.17, 15) is 0 Å². The van der Waals surface area contributed by atoms with Gasteiger partial charge in [-0.2, -0.15) is 0 Å². The zero-order valence-corrected chi connectivity index (χ0v) is 9.54. The smallest absolute Gasteiger partial charge is 0.0456 e. The van der Waals surface area contributed by atoms with Crippen molar-refractivity contribution in [3.05, 3.63) is 35.5 Å². The summed E-state index contributed by atoms with van der Waals surface area (Å²) in [5.41, 5.74) is 9.53. The van der Waals surface area contributed by atoms with Crippen molar-refractivity contribution >= 4 is 10.9 Å². The first-order valence-electron chi connectivity index (χ1n) is 5.46. The molecule has 0 aliphatic rings. The van der Waals surface area contributed by atoms with Crippen LogP contribution in [0.1, 0.15) is 44.0 Å². The summed E-state index contributed by atoms with van der Waals surface area (Å²) < 4.78 is 0. The highest BCUT2D eigenvalue weighted by atomic mass is 14.7. The fourth-order valence-corrected chi connectivity index (χ4v) is 1.77. The second kappa shape index (κ2) is 3.70. The van der Waals surface area contributed by atoms with E-state index in [-0.39, 0.29) is 6.04 Å². The molecule has 2 nitrogen and oxygen atoms in total. The van der Waals surface area contributed by atoms with Crippen LogP contribution in [0.25, 0.3) is 10.9 Å². The molecule has 1 heterocycles. The lowest BCUT2D eigenvalue weighted by molar-refractivity contribution is 0.820. The number of hydrogen-bond donors (Lipinski definition) is 2. The molecule has 0 aliphatic heterocycles. The lowest BCUT2D eigenvalue weighted by Crippen LogP contribution is -2.04. The average Bonchev–Trinajstić information content (AvgIpc) is 2.59. The molecular formula is C13H18N2. The fourth-order valence-electron chi connectivity index (χ4n) is 1.77. The molecule has 2 heteroatoms. The lowest BCUT2D eigenvalue weighted by atomic mass is 10.1. The van der Waals surface area contributed by atoms with Crippen molar-refractivity contribution in [2.24, 2.45) is 5.73 Å². The summed E-state index contributed by atoms with van der Waals surface area (Å²) in [6, 6.07) is 8.69. The van der Waals surface area contributed by atoms with Crippen molar-refractivity contribution < 1.29 is 0 Å². The zero-order chi connectivity index (χ0) is 11.0. The molecule has 1 aromatic heterocycles. The van der Waals surface area contributed by atoms with Crippen molar-refractivity contribution in [1.29, 1.82) is 0 Å². The van der Waals surface area contributed by atoms with E-state index < -0.39 is 0 Å². The molecule has 15 heavy (non-hydrogen) atoms. The van der Waals surface area contributed by atoms with Gasteiger partial charge < -0.3 is 10.7 Å². The number of H-pyrrole nitrogens is 1. The summed E-state index contributed by atoms with van der Waals surface area (Å²) >= 11 is 0. The lowest BCUT2D eigenvalue weighted by Gasteiger charge is -2.04. The first kappa shape index (κ1) is 10.2. The largest absolute Gasteiger partial charge is 0.358 e. The fraction of sp³-hybridized carbons (Fsp3) is 0.385. The molecule has 0 amide bonds. The van der Waals surface area contributed by atoms with Gasteiger partial charge in [0.1, 0.15) is 0 Å². The number of aromatic amines is 1. The number of fused-ring (bicyclic) bond motifs is 1. The second-order valence-electron chi connectivity index (χ2n) is 4.51. The quantitative estimate of drug-likeness (QED) is 0.770. The van der Waals surface area contributed by atoms with Crippen molar-refractivity contribution in [3.63, 3.8) is 0 Å². The maximum absolute atomic E-state index is 5.86. The van der Waals surface area contributed by atoms with Gasteiger partial charge in [0, 0.05) is 17.3 Å². The third-order valence-electron chi connectivity index (χ3n) is 2.81. The van der Waals surface area contributed by atoms with Gasteiger partial charge in [0.25, 0.3) is 0 Å². The number of nitrogens with one attached hydrogen (secondary N) is 1. The van der Waals surface area contributed by atoms with Crippen LogP contribution >= 0.6 is 0 Å². The van der Waals surface area contributed by atoms with Gasteiger partial charge in [-0.3, -0.25) is 0 Å². The number of aromatic nitrogens is 1. The van der Waals surface area contributed by atoms with E-state index in [4.69, 9.17) is 5.73 Å². The van der Waals surface area contributed by atoms with Crippen molar-refractivity contribution in [2.45, 2.75) is 32.7 Å². The molecule has 0 saturated carbocycles. The van der Waals surface area contributed by atoms with Gasteiger partial charge in [-0.15, -0.1) is 0 Å². The van der Waals surface area contributed by atoms with Gasteiger partial charge in [-0.25, -0.2) is 0 Å². The van der Waals surface area contributed by atoms with E-state index in [0.717, 1.165) is 0 Å². The van der Waals surface area contributed by atoms with Crippen LogP contribution in [-0.2, 0) is 0 Å². The topological polar surface area (TPSA) is 41.8 Å². The van der Waals surface area contributed by atoms with Gasteiger partial charge in [0.05, 0.1) is 0 Å². The summed E-state index contributed by atoms with van der Waals surface area (Å²) in [4.78, 5) is 3.42.